The Bertz CT molecular complexity index is 438. The van der Waals surface area contributed by atoms with E-state index in [0.29, 0.717) is 0 Å². The molecule has 0 aliphatic carbocycles. The third kappa shape index (κ3) is 3.69. The molecule has 6 heteroatoms. The van der Waals surface area contributed by atoms with Crippen molar-refractivity contribution in [2.75, 3.05) is 0 Å². The number of carboxylic acid groups (broad SMARTS) is 1. The standard InChI is InChI=1S/C10H6BrF3O2/c11-8-4-6(1-2-9(15)16)3-7(5-8)10(12,13)14/h1-5H,(H,15,16)/b2-1+. The van der Waals surface area contributed by atoms with Crippen molar-refractivity contribution >= 4 is 28.0 Å². The van der Waals surface area contributed by atoms with E-state index in [1.165, 1.54) is 6.07 Å². The number of aliphatic carboxylic acids is 1. The number of carbonyl (C=O) groups is 1. The fourth-order valence-corrected chi connectivity index (χ4v) is 1.55. The summed E-state index contributed by atoms with van der Waals surface area (Å²) in [5.74, 6) is -1.21. The van der Waals surface area contributed by atoms with Crippen LogP contribution in [0, 0.1) is 0 Å². The quantitative estimate of drug-likeness (QED) is 0.847. The second-order valence-electron chi connectivity index (χ2n) is 2.94. The van der Waals surface area contributed by atoms with Crippen LogP contribution in [0.1, 0.15) is 11.1 Å². The molecule has 1 N–H and O–H groups in total. The average molecular weight is 295 g/mol. The number of hydrogen-bond acceptors (Lipinski definition) is 1. The van der Waals surface area contributed by atoms with Crippen molar-refractivity contribution in [1.82, 2.24) is 0 Å². The maximum atomic E-state index is 12.4. The van der Waals surface area contributed by atoms with Gasteiger partial charge in [-0.05, 0) is 29.8 Å². The fraction of sp³-hybridized carbons (Fsp3) is 0.100. The molecule has 0 aliphatic rings. The molecule has 0 heterocycles. The smallest absolute Gasteiger partial charge is 0.416 e. The Morgan fingerprint density at radius 3 is 2.44 bits per heavy atom. The van der Waals surface area contributed by atoms with Crippen LogP contribution in [0.5, 0.6) is 0 Å². The highest BCUT2D eigenvalue weighted by atomic mass is 79.9. The Balaban J connectivity index is 3.13. The average Bonchev–Trinajstić information content (AvgIpc) is 2.12. The summed E-state index contributed by atoms with van der Waals surface area (Å²) in [6.07, 6.45) is -2.57. The summed E-state index contributed by atoms with van der Waals surface area (Å²) in [7, 11) is 0. The molecule has 0 unspecified atom stereocenters. The molecule has 0 radical (unpaired) electrons. The van der Waals surface area contributed by atoms with Crippen LogP contribution in [0.4, 0.5) is 13.2 Å². The third-order valence-electron chi connectivity index (χ3n) is 1.67. The van der Waals surface area contributed by atoms with Gasteiger partial charge < -0.3 is 5.11 Å². The lowest BCUT2D eigenvalue weighted by molar-refractivity contribution is -0.137. The SMILES string of the molecule is O=C(O)/C=C/c1cc(Br)cc(C(F)(F)F)c1. The van der Waals surface area contributed by atoms with E-state index in [9.17, 15) is 18.0 Å². The Hall–Kier alpha value is -1.30. The maximum absolute atomic E-state index is 12.4. The number of rotatable bonds is 2. The predicted octanol–water partition coefficient (Wildman–Crippen LogP) is 3.57. The largest absolute Gasteiger partial charge is 0.478 e. The number of benzene rings is 1. The summed E-state index contributed by atoms with van der Waals surface area (Å²) >= 11 is 2.93. The highest BCUT2D eigenvalue weighted by molar-refractivity contribution is 9.10. The van der Waals surface area contributed by atoms with E-state index in [4.69, 9.17) is 5.11 Å². The van der Waals surface area contributed by atoms with Crippen LogP contribution in [-0.2, 0) is 11.0 Å². The van der Waals surface area contributed by atoms with Crippen molar-refractivity contribution in [1.29, 1.82) is 0 Å². The lowest BCUT2D eigenvalue weighted by atomic mass is 10.1. The van der Waals surface area contributed by atoms with Crippen molar-refractivity contribution in [2.24, 2.45) is 0 Å². The molecule has 86 valence electrons. The molecule has 0 bridgehead atoms. The predicted molar refractivity (Wildman–Crippen MR) is 55.8 cm³/mol. The van der Waals surface area contributed by atoms with Crippen molar-refractivity contribution in [3.63, 3.8) is 0 Å². The zero-order valence-corrected chi connectivity index (χ0v) is 9.34. The molecule has 0 saturated carbocycles. The Morgan fingerprint density at radius 2 is 1.94 bits per heavy atom. The van der Waals surface area contributed by atoms with E-state index in [2.05, 4.69) is 15.9 Å². The van der Waals surface area contributed by atoms with E-state index >= 15 is 0 Å². The number of alkyl halides is 3. The Kier molecular flexibility index (Phi) is 3.74. The molecule has 0 amide bonds. The van der Waals surface area contributed by atoms with Gasteiger partial charge in [0.25, 0.3) is 0 Å². The zero-order chi connectivity index (χ0) is 12.3. The summed E-state index contributed by atoms with van der Waals surface area (Å²) in [5, 5.41) is 8.35. The van der Waals surface area contributed by atoms with Gasteiger partial charge in [-0.15, -0.1) is 0 Å². The minimum absolute atomic E-state index is 0.170. The molecular formula is C10H6BrF3O2. The van der Waals surface area contributed by atoms with Gasteiger partial charge in [0.05, 0.1) is 5.56 Å². The molecule has 0 saturated heterocycles. The number of hydrogen-bond donors (Lipinski definition) is 1. The Morgan fingerprint density at radius 1 is 1.31 bits per heavy atom. The normalized spacial score (nSPS) is 12.0. The first-order valence-corrected chi connectivity index (χ1v) is 4.87. The first-order valence-electron chi connectivity index (χ1n) is 4.08. The highest BCUT2D eigenvalue weighted by Crippen LogP contribution is 2.32. The van der Waals surface area contributed by atoms with Crippen molar-refractivity contribution in [3.8, 4) is 0 Å². The van der Waals surface area contributed by atoms with Gasteiger partial charge in [0.15, 0.2) is 0 Å². The van der Waals surface area contributed by atoms with Crippen LogP contribution < -0.4 is 0 Å². The monoisotopic (exact) mass is 294 g/mol. The van der Waals surface area contributed by atoms with Crippen molar-refractivity contribution in [3.05, 3.63) is 39.9 Å². The van der Waals surface area contributed by atoms with Crippen molar-refractivity contribution < 1.29 is 23.1 Å². The van der Waals surface area contributed by atoms with Crippen LogP contribution in [0.25, 0.3) is 6.08 Å². The molecule has 1 rings (SSSR count). The summed E-state index contributed by atoms with van der Waals surface area (Å²) in [6.45, 7) is 0. The van der Waals surface area contributed by atoms with Crippen LogP contribution in [0.15, 0.2) is 28.7 Å². The number of halogens is 4. The highest BCUT2D eigenvalue weighted by Gasteiger charge is 2.30. The van der Waals surface area contributed by atoms with Gasteiger partial charge in [0.1, 0.15) is 0 Å². The Labute approximate surface area is 97.5 Å². The van der Waals surface area contributed by atoms with Gasteiger partial charge in [-0.3, -0.25) is 0 Å². The van der Waals surface area contributed by atoms with Crippen LogP contribution >= 0.6 is 15.9 Å². The second kappa shape index (κ2) is 4.69. The zero-order valence-electron chi connectivity index (χ0n) is 7.75. The number of carboxylic acids is 1. The lowest BCUT2D eigenvalue weighted by Crippen LogP contribution is -2.05. The summed E-state index contributed by atoms with van der Waals surface area (Å²) in [4.78, 5) is 10.2. The molecule has 16 heavy (non-hydrogen) atoms. The molecule has 0 aliphatic heterocycles. The first-order chi connectivity index (χ1) is 7.29. The van der Waals surface area contributed by atoms with Gasteiger partial charge in [-0.2, -0.15) is 13.2 Å². The van der Waals surface area contributed by atoms with Crippen LogP contribution in [-0.4, -0.2) is 11.1 Å². The topological polar surface area (TPSA) is 37.3 Å². The minimum Gasteiger partial charge on any atom is -0.478 e. The van der Waals surface area contributed by atoms with Gasteiger partial charge in [0.2, 0.25) is 0 Å². The molecular weight excluding hydrogens is 289 g/mol. The van der Waals surface area contributed by atoms with Gasteiger partial charge in [0, 0.05) is 10.5 Å². The molecule has 0 fully saturated rings. The van der Waals surface area contributed by atoms with Gasteiger partial charge >= 0.3 is 12.1 Å². The molecule has 0 atom stereocenters. The van der Waals surface area contributed by atoms with Crippen LogP contribution in [0.2, 0.25) is 0 Å². The molecule has 0 aromatic heterocycles. The summed E-state index contributed by atoms with van der Waals surface area (Å²) in [5.41, 5.74) is -0.656. The van der Waals surface area contributed by atoms with Gasteiger partial charge in [-0.25, -0.2) is 4.79 Å². The fourth-order valence-electron chi connectivity index (χ4n) is 1.04. The van der Waals surface area contributed by atoms with Crippen LogP contribution in [0.3, 0.4) is 0 Å². The molecule has 1 aromatic rings. The van der Waals surface area contributed by atoms with E-state index in [1.807, 2.05) is 0 Å². The second-order valence-corrected chi connectivity index (χ2v) is 3.86. The van der Waals surface area contributed by atoms with E-state index < -0.39 is 17.7 Å². The van der Waals surface area contributed by atoms with E-state index in [0.717, 1.165) is 24.3 Å². The van der Waals surface area contributed by atoms with E-state index in [1.54, 1.807) is 0 Å². The summed E-state index contributed by atoms with van der Waals surface area (Å²) < 4.78 is 37.4. The molecule has 1 aromatic carbocycles. The third-order valence-corrected chi connectivity index (χ3v) is 2.12. The van der Waals surface area contributed by atoms with Crippen molar-refractivity contribution in [2.45, 2.75) is 6.18 Å². The summed E-state index contributed by atoms with van der Waals surface area (Å²) in [6, 6.07) is 3.21. The van der Waals surface area contributed by atoms with Gasteiger partial charge in [-0.1, -0.05) is 15.9 Å². The molecule has 0 spiro atoms. The lowest BCUT2D eigenvalue weighted by Gasteiger charge is -2.08. The maximum Gasteiger partial charge on any atom is 0.416 e. The minimum atomic E-state index is -4.45. The first kappa shape index (κ1) is 12.8. The van der Waals surface area contributed by atoms with E-state index in [-0.39, 0.29) is 10.0 Å². The molecule has 2 nitrogen and oxygen atoms in total.